The maximum absolute atomic E-state index is 8.39. The van der Waals surface area contributed by atoms with E-state index in [1.165, 1.54) is 0 Å². The first-order chi connectivity index (χ1) is 8.69. The Morgan fingerprint density at radius 1 is 1.06 bits per heavy atom. The van der Waals surface area contributed by atoms with Crippen LogP contribution in [0.15, 0.2) is 48.7 Å². The molecular weight excluding hydrogens is 206 g/mol. The van der Waals surface area contributed by atoms with Gasteiger partial charge in [0, 0.05) is 13.1 Å². The molecule has 0 unspecified atom stereocenters. The van der Waals surface area contributed by atoms with Gasteiger partial charge in [-0.15, -0.1) is 0 Å². The molecular formula is C16H19N. The van der Waals surface area contributed by atoms with Gasteiger partial charge in [-0.3, -0.25) is 4.98 Å². The summed E-state index contributed by atoms with van der Waals surface area (Å²) < 4.78 is 8.39. The molecule has 0 spiro atoms. The summed E-state index contributed by atoms with van der Waals surface area (Å²) >= 11 is 0. The first-order valence-electron chi connectivity index (χ1n) is 6.71. The Kier molecular flexibility index (Phi) is 3.48. The van der Waals surface area contributed by atoms with Crippen LogP contribution in [0.3, 0.4) is 0 Å². The van der Waals surface area contributed by atoms with E-state index in [2.05, 4.69) is 31.0 Å². The molecule has 0 N–H and O–H groups in total. The molecule has 17 heavy (non-hydrogen) atoms. The molecule has 1 aromatic heterocycles. The summed E-state index contributed by atoms with van der Waals surface area (Å²) in [6, 6.07) is 14.2. The molecule has 0 bridgehead atoms. The summed E-state index contributed by atoms with van der Waals surface area (Å²) in [5.41, 5.74) is 3.09. The monoisotopic (exact) mass is 226 g/mol. The first-order valence-corrected chi connectivity index (χ1v) is 6.21. The molecule has 2 aromatic rings. The highest BCUT2D eigenvalue weighted by Crippen LogP contribution is 2.24. The third kappa shape index (κ3) is 2.73. The lowest BCUT2D eigenvalue weighted by Crippen LogP contribution is -1.96. The van der Waals surface area contributed by atoms with Crippen molar-refractivity contribution in [3.8, 4) is 11.3 Å². The minimum Gasteiger partial charge on any atom is -0.256 e. The number of pyridine rings is 1. The number of aromatic nitrogens is 1. The van der Waals surface area contributed by atoms with Crippen LogP contribution in [0.2, 0.25) is 0 Å². The third-order valence-corrected chi connectivity index (χ3v) is 3.09. The van der Waals surface area contributed by atoms with E-state index in [1.807, 2.05) is 36.5 Å². The number of rotatable bonds is 4. The van der Waals surface area contributed by atoms with Crippen LogP contribution in [0.4, 0.5) is 0 Å². The van der Waals surface area contributed by atoms with Crippen molar-refractivity contribution < 1.29 is 1.37 Å². The van der Waals surface area contributed by atoms with E-state index in [1.54, 1.807) is 0 Å². The Morgan fingerprint density at radius 2 is 1.76 bits per heavy atom. The number of hydrogen-bond donors (Lipinski definition) is 0. The maximum Gasteiger partial charge on any atom is 0.0702 e. The van der Waals surface area contributed by atoms with Crippen LogP contribution in [0, 0.1) is 0 Å². The van der Waals surface area contributed by atoms with Crippen molar-refractivity contribution in [1.82, 2.24) is 4.98 Å². The van der Waals surface area contributed by atoms with Gasteiger partial charge in [-0.25, -0.2) is 0 Å². The third-order valence-electron chi connectivity index (χ3n) is 3.09. The molecule has 0 amide bonds. The summed E-state index contributed by atoms with van der Waals surface area (Å²) in [6.45, 7) is 4.11. The average molecular weight is 226 g/mol. The fourth-order valence-electron chi connectivity index (χ4n) is 2.04. The van der Waals surface area contributed by atoms with E-state index in [9.17, 15) is 0 Å². The van der Waals surface area contributed by atoms with Crippen molar-refractivity contribution >= 4 is 0 Å². The van der Waals surface area contributed by atoms with Gasteiger partial charge in [0.05, 0.1) is 5.69 Å². The largest absolute Gasteiger partial charge is 0.256 e. The van der Waals surface area contributed by atoms with Gasteiger partial charge in [-0.05, 0) is 30.4 Å². The summed E-state index contributed by atoms with van der Waals surface area (Å²) in [5.74, 6) is -0.498. The minimum absolute atomic E-state index is 0.498. The quantitative estimate of drug-likeness (QED) is 0.739. The highest BCUT2D eigenvalue weighted by atomic mass is 14.7. The molecule has 0 aliphatic heterocycles. The van der Waals surface area contributed by atoms with Crippen molar-refractivity contribution in [2.45, 2.75) is 32.6 Å². The van der Waals surface area contributed by atoms with Gasteiger partial charge < -0.3 is 0 Å². The highest BCUT2D eigenvalue weighted by molar-refractivity contribution is 5.58. The fraction of sp³-hybridized carbons (Fsp3) is 0.312. The van der Waals surface area contributed by atoms with Crippen LogP contribution < -0.4 is 0 Å². The highest BCUT2D eigenvalue weighted by Gasteiger charge is 2.07. The molecule has 0 aliphatic carbocycles. The van der Waals surface area contributed by atoms with Gasteiger partial charge in [0.25, 0.3) is 0 Å². The molecule has 0 atom stereocenters. The zero-order chi connectivity index (χ0) is 13.0. The zero-order valence-electron chi connectivity index (χ0n) is 11.5. The second-order valence-corrected chi connectivity index (χ2v) is 4.11. The normalized spacial score (nSPS) is 12.2. The minimum atomic E-state index is -0.498. The molecule has 0 radical (unpaired) electrons. The van der Waals surface area contributed by atoms with E-state index in [-0.39, 0.29) is 0 Å². The fourth-order valence-corrected chi connectivity index (χ4v) is 2.04. The summed E-state index contributed by atoms with van der Waals surface area (Å²) in [7, 11) is 0. The van der Waals surface area contributed by atoms with E-state index >= 15 is 0 Å². The Labute approximate surface area is 105 Å². The van der Waals surface area contributed by atoms with Crippen molar-refractivity contribution in [2.75, 3.05) is 0 Å². The maximum atomic E-state index is 8.39. The molecule has 2 rings (SSSR count). The van der Waals surface area contributed by atoms with Gasteiger partial charge in [0.1, 0.15) is 0 Å². The topological polar surface area (TPSA) is 12.9 Å². The first kappa shape index (κ1) is 10.5. The van der Waals surface area contributed by atoms with Gasteiger partial charge in [0.2, 0.25) is 0 Å². The van der Waals surface area contributed by atoms with Crippen LogP contribution in [0.5, 0.6) is 0 Å². The van der Waals surface area contributed by atoms with E-state index in [4.69, 9.17) is 1.37 Å². The zero-order valence-corrected chi connectivity index (χ0v) is 10.5. The lowest BCUT2D eigenvalue weighted by Gasteiger charge is -2.12. The second-order valence-electron chi connectivity index (χ2n) is 4.11. The summed E-state index contributed by atoms with van der Waals surface area (Å²) in [5, 5.41) is 0. The van der Waals surface area contributed by atoms with Gasteiger partial charge in [-0.1, -0.05) is 50.2 Å². The summed E-state index contributed by atoms with van der Waals surface area (Å²) in [4.78, 5) is 4.49. The Hall–Kier alpha value is -1.63. The lowest BCUT2D eigenvalue weighted by molar-refractivity contribution is 0.639. The van der Waals surface area contributed by atoms with Gasteiger partial charge in [0.15, 0.2) is 0 Å². The molecule has 1 aromatic carbocycles. The number of benzene rings is 1. The molecule has 0 saturated heterocycles. The Bertz CT molecular complexity index is 486. The number of nitrogens with zero attached hydrogens (tertiary/aromatic N) is 1. The van der Waals surface area contributed by atoms with E-state index in [0.717, 1.165) is 29.7 Å². The molecule has 0 fully saturated rings. The molecule has 0 saturated carbocycles. The van der Waals surface area contributed by atoms with Crippen LogP contribution in [-0.2, 0) is 0 Å². The second kappa shape index (κ2) is 5.62. The van der Waals surface area contributed by atoms with Crippen LogP contribution in [0.1, 0.15) is 39.5 Å². The van der Waals surface area contributed by atoms with Crippen LogP contribution in [0.25, 0.3) is 11.3 Å². The summed E-state index contributed by atoms with van der Waals surface area (Å²) in [6.07, 6.45) is 3.48. The van der Waals surface area contributed by atoms with Crippen molar-refractivity contribution in [2.24, 2.45) is 0 Å². The van der Waals surface area contributed by atoms with E-state index < -0.39 is 5.89 Å². The number of hydrogen-bond acceptors (Lipinski definition) is 1. The van der Waals surface area contributed by atoms with Crippen molar-refractivity contribution in [3.05, 3.63) is 54.2 Å². The Morgan fingerprint density at radius 3 is 2.29 bits per heavy atom. The van der Waals surface area contributed by atoms with Crippen molar-refractivity contribution in [1.29, 1.82) is 0 Å². The Balaban J connectivity index is 2.31. The predicted octanol–water partition coefficient (Wildman–Crippen LogP) is 4.65. The lowest BCUT2D eigenvalue weighted by atomic mass is 9.95. The van der Waals surface area contributed by atoms with Gasteiger partial charge in [-0.2, -0.15) is 0 Å². The van der Waals surface area contributed by atoms with Gasteiger partial charge >= 0.3 is 0 Å². The van der Waals surface area contributed by atoms with Crippen LogP contribution in [-0.4, -0.2) is 4.98 Å². The van der Waals surface area contributed by atoms with Crippen LogP contribution >= 0.6 is 0 Å². The SMILES string of the molecule is [2H]C(CC)(CC)c1ccc(-c2ccccc2)nc1. The smallest absolute Gasteiger partial charge is 0.0702 e. The standard InChI is InChI=1S/C16H19N/c1-3-13(4-2)15-10-11-16(17-12-15)14-8-6-5-7-9-14/h5-13H,3-4H2,1-2H3/i13D. The molecule has 1 heterocycles. The molecule has 88 valence electrons. The molecule has 1 nitrogen and oxygen atoms in total. The molecule has 1 heteroatoms. The van der Waals surface area contributed by atoms with Crippen molar-refractivity contribution in [3.63, 3.8) is 0 Å². The molecule has 0 aliphatic rings. The predicted molar refractivity (Wildman–Crippen MR) is 73.0 cm³/mol. The van der Waals surface area contributed by atoms with E-state index in [0.29, 0.717) is 0 Å². The average Bonchev–Trinajstić information content (AvgIpc) is 2.47.